The minimum absolute atomic E-state index is 0.153. The molecule has 0 radical (unpaired) electrons. The average molecular weight is 334 g/mol. The molecule has 0 aromatic heterocycles. The van der Waals surface area contributed by atoms with Gasteiger partial charge in [0, 0.05) is 10.6 Å². The van der Waals surface area contributed by atoms with Crippen molar-refractivity contribution >= 4 is 23.7 Å². The highest BCUT2D eigenvalue weighted by Gasteiger charge is 2.40. The molecule has 1 N–H and O–H groups in total. The van der Waals surface area contributed by atoms with Gasteiger partial charge in [-0.05, 0) is 55.5 Å². The Bertz CT molecular complexity index is 768. The largest absolute Gasteiger partial charge is 0.480 e. The van der Waals surface area contributed by atoms with Gasteiger partial charge >= 0.3 is 5.97 Å². The summed E-state index contributed by atoms with van der Waals surface area (Å²) in [6.45, 7) is 1.44. The number of carboxylic acid groups (broad SMARTS) is 1. The third kappa shape index (κ3) is 3.33. The number of carboxylic acids is 1. The van der Waals surface area contributed by atoms with Crippen molar-refractivity contribution in [2.75, 3.05) is 0 Å². The number of benzene rings is 2. The van der Waals surface area contributed by atoms with Gasteiger partial charge in [0.15, 0.2) is 12.8 Å². The van der Waals surface area contributed by atoms with Gasteiger partial charge in [-0.25, -0.2) is 8.78 Å². The fourth-order valence-electron chi connectivity index (χ4n) is 2.22. The summed E-state index contributed by atoms with van der Waals surface area (Å²) >= 11 is 0. The van der Waals surface area contributed by atoms with Gasteiger partial charge in [0.25, 0.3) is 0 Å². The predicted molar refractivity (Wildman–Crippen MR) is 84.5 cm³/mol. The molecule has 0 saturated carbocycles. The minimum atomic E-state index is -3.75. The van der Waals surface area contributed by atoms with Crippen LogP contribution in [0.3, 0.4) is 0 Å². The predicted octanol–water partition coefficient (Wildman–Crippen LogP) is 2.76. The summed E-state index contributed by atoms with van der Waals surface area (Å²) in [5, 5.41) is 9.76. The lowest BCUT2D eigenvalue weighted by atomic mass is 10.3. The monoisotopic (exact) mass is 334 g/mol. The zero-order chi connectivity index (χ0) is 17.0. The van der Waals surface area contributed by atoms with E-state index in [0.29, 0.717) is 0 Å². The number of aliphatic carboxylic acids is 1. The summed E-state index contributed by atoms with van der Waals surface area (Å²) < 4.78 is 40.0. The third-order valence-corrected chi connectivity index (χ3v) is 6.51. The molecule has 1 unspecified atom stereocenters. The first kappa shape index (κ1) is 16.9. The van der Waals surface area contributed by atoms with Crippen LogP contribution < -0.4 is 10.6 Å². The molecule has 0 amide bonds. The SMILES string of the molecule is CC#CC(C(=O)O)P(=O)(c1ccc(F)cc1)c1ccc(F)cc1. The lowest BCUT2D eigenvalue weighted by Gasteiger charge is -2.22. The first-order valence-corrected chi connectivity index (χ1v) is 8.44. The van der Waals surface area contributed by atoms with Gasteiger partial charge in [0.05, 0.1) is 0 Å². The van der Waals surface area contributed by atoms with Crippen LogP contribution in [0.4, 0.5) is 8.78 Å². The van der Waals surface area contributed by atoms with Gasteiger partial charge < -0.3 is 9.67 Å². The Kier molecular flexibility index (Phi) is 4.98. The number of halogens is 2. The van der Waals surface area contributed by atoms with Crippen molar-refractivity contribution in [2.45, 2.75) is 12.6 Å². The Morgan fingerprint density at radius 2 is 1.39 bits per heavy atom. The van der Waals surface area contributed by atoms with Crippen LogP contribution in [0.5, 0.6) is 0 Å². The second-order valence-electron chi connectivity index (χ2n) is 4.75. The second-order valence-corrected chi connectivity index (χ2v) is 7.61. The van der Waals surface area contributed by atoms with Gasteiger partial charge in [0.1, 0.15) is 11.6 Å². The smallest absolute Gasteiger partial charge is 0.326 e. The second kappa shape index (κ2) is 6.76. The molecule has 1 atom stereocenters. The van der Waals surface area contributed by atoms with Crippen LogP contribution in [-0.2, 0) is 9.36 Å². The van der Waals surface area contributed by atoms with Crippen LogP contribution >= 0.6 is 7.14 Å². The van der Waals surface area contributed by atoms with E-state index < -0.39 is 30.4 Å². The van der Waals surface area contributed by atoms with E-state index in [1.165, 1.54) is 31.2 Å². The molecule has 2 rings (SSSR count). The standard InChI is InChI=1S/C17H13F2O3P/c1-2-3-16(17(20)21)23(22,14-8-4-12(18)5-9-14)15-10-6-13(19)7-11-15/h4-11,16H,1H3,(H,20,21). The van der Waals surface area contributed by atoms with E-state index in [2.05, 4.69) is 11.8 Å². The lowest BCUT2D eigenvalue weighted by molar-refractivity contribution is -0.135. The summed E-state index contributed by atoms with van der Waals surface area (Å²) in [4.78, 5) is 11.6. The van der Waals surface area contributed by atoms with Crippen molar-refractivity contribution < 1.29 is 23.2 Å². The summed E-state index contributed by atoms with van der Waals surface area (Å²) in [5.41, 5.74) is -1.50. The topological polar surface area (TPSA) is 54.4 Å². The number of carbonyl (C=O) groups is 1. The molecule has 3 nitrogen and oxygen atoms in total. The zero-order valence-corrected chi connectivity index (χ0v) is 13.1. The fraction of sp³-hybridized carbons (Fsp3) is 0.118. The van der Waals surface area contributed by atoms with Crippen molar-refractivity contribution in [3.8, 4) is 11.8 Å². The van der Waals surface area contributed by atoms with Crippen molar-refractivity contribution in [3.63, 3.8) is 0 Å². The van der Waals surface area contributed by atoms with Gasteiger partial charge in [-0.2, -0.15) is 0 Å². The molecule has 0 bridgehead atoms. The van der Waals surface area contributed by atoms with Crippen molar-refractivity contribution in [1.29, 1.82) is 0 Å². The van der Waals surface area contributed by atoms with E-state index in [1.54, 1.807) is 0 Å². The molecule has 0 heterocycles. The molecule has 2 aromatic rings. The molecule has 0 fully saturated rings. The quantitative estimate of drug-likeness (QED) is 0.691. The molecular weight excluding hydrogens is 321 g/mol. The Hall–Kier alpha value is -2.44. The first-order chi connectivity index (χ1) is 10.9. The highest BCUT2D eigenvalue weighted by atomic mass is 31.2. The number of rotatable bonds is 4. The molecule has 0 aliphatic carbocycles. The Morgan fingerprint density at radius 3 is 1.70 bits per heavy atom. The maximum absolute atomic E-state index is 13.6. The van der Waals surface area contributed by atoms with Crippen LogP contribution in [0.25, 0.3) is 0 Å². The van der Waals surface area contributed by atoms with Gasteiger partial charge in [0.2, 0.25) is 0 Å². The van der Waals surface area contributed by atoms with E-state index in [-0.39, 0.29) is 10.6 Å². The summed E-state index contributed by atoms with van der Waals surface area (Å²) in [6.07, 6.45) is 0. The molecule has 0 spiro atoms. The van der Waals surface area contributed by atoms with Crippen molar-refractivity contribution in [2.24, 2.45) is 0 Å². The Balaban J connectivity index is 2.74. The van der Waals surface area contributed by atoms with Crippen LogP contribution in [-0.4, -0.2) is 16.7 Å². The molecule has 0 aliphatic rings. The van der Waals surface area contributed by atoms with Gasteiger partial charge in [-0.3, -0.25) is 4.79 Å². The third-order valence-electron chi connectivity index (χ3n) is 3.30. The van der Waals surface area contributed by atoms with Crippen LogP contribution in [0.15, 0.2) is 48.5 Å². The average Bonchev–Trinajstić information content (AvgIpc) is 2.53. The van der Waals surface area contributed by atoms with E-state index >= 15 is 0 Å². The number of hydrogen-bond donors (Lipinski definition) is 1. The first-order valence-electron chi connectivity index (χ1n) is 6.66. The van der Waals surface area contributed by atoms with Gasteiger partial charge in [-0.15, -0.1) is 5.92 Å². The summed E-state index contributed by atoms with van der Waals surface area (Å²) in [7, 11) is -3.75. The van der Waals surface area contributed by atoms with E-state index in [1.807, 2.05) is 0 Å². The maximum atomic E-state index is 13.6. The van der Waals surface area contributed by atoms with E-state index in [4.69, 9.17) is 0 Å². The Labute approximate surface area is 132 Å². The van der Waals surface area contributed by atoms with Gasteiger partial charge in [-0.1, -0.05) is 5.92 Å². The molecule has 23 heavy (non-hydrogen) atoms. The van der Waals surface area contributed by atoms with Crippen LogP contribution in [0.1, 0.15) is 6.92 Å². The zero-order valence-electron chi connectivity index (χ0n) is 12.2. The lowest BCUT2D eigenvalue weighted by Crippen LogP contribution is -2.30. The highest BCUT2D eigenvalue weighted by Crippen LogP contribution is 2.48. The minimum Gasteiger partial charge on any atom is -0.480 e. The maximum Gasteiger partial charge on any atom is 0.326 e. The van der Waals surface area contributed by atoms with E-state index in [0.717, 1.165) is 24.3 Å². The van der Waals surface area contributed by atoms with E-state index in [9.17, 15) is 23.2 Å². The summed E-state index contributed by atoms with van der Waals surface area (Å²) in [6, 6.07) is 9.49. The number of hydrogen-bond acceptors (Lipinski definition) is 2. The van der Waals surface area contributed by atoms with Crippen LogP contribution in [0, 0.1) is 23.5 Å². The molecule has 2 aromatic carbocycles. The normalized spacial score (nSPS) is 12.1. The molecule has 6 heteroatoms. The Morgan fingerprint density at radius 1 is 1.00 bits per heavy atom. The van der Waals surface area contributed by atoms with Crippen LogP contribution in [0.2, 0.25) is 0 Å². The van der Waals surface area contributed by atoms with Crippen molar-refractivity contribution in [1.82, 2.24) is 0 Å². The van der Waals surface area contributed by atoms with Crippen molar-refractivity contribution in [3.05, 3.63) is 60.2 Å². The molecular formula is C17H13F2O3P. The highest BCUT2D eigenvalue weighted by molar-refractivity contribution is 7.80. The fourth-order valence-corrected chi connectivity index (χ4v) is 4.92. The summed E-state index contributed by atoms with van der Waals surface area (Å²) in [5.74, 6) is 2.50. The molecule has 0 saturated heterocycles. The molecule has 118 valence electrons. The molecule has 0 aliphatic heterocycles.